The van der Waals surface area contributed by atoms with E-state index in [2.05, 4.69) is 9.47 Å². The summed E-state index contributed by atoms with van der Waals surface area (Å²) in [6.07, 6.45) is -0.896. The molecule has 0 atom stereocenters. The van der Waals surface area contributed by atoms with Gasteiger partial charge in [0.15, 0.2) is 11.6 Å². The molecule has 0 N–H and O–H groups in total. The number of ether oxygens (including phenoxy) is 2. The van der Waals surface area contributed by atoms with Gasteiger partial charge in [-0.1, -0.05) is 12.1 Å². The highest BCUT2D eigenvalue weighted by Gasteiger charge is 2.08. The molecule has 0 saturated heterocycles. The smallest absolute Gasteiger partial charge is 0.434 e. The topological polar surface area (TPSA) is 35.5 Å². The van der Waals surface area contributed by atoms with E-state index >= 15 is 0 Å². The number of halogens is 1. The summed E-state index contributed by atoms with van der Waals surface area (Å²) < 4.78 is 21.9. The van der Waals surface area contributed by atoms with E-state index in [4.69, 9.17) is 0 Å². The van der Waals surface area contributed by atoms with Crippen LogP contribution in [0.2, 0.25) is 0 Å². The Morgan fingerprint density at radius 3 is 2.77 bits per heavy atom. The Morgan fingerprint density at radius 1 is 1.46 bits per heavy atom. The molecule has 0 unspecified atom stereocenters. The number of rotatable bonds is 2. The third-order valence-corrected chi connectivity index (χ3v) is 1.29. The maximum absolute atomic E-state index is 12.9. The molecule has 0 amide bonds. The Morgan fingerprint density at radius 2 is 2.15 bits per heavy atom. The van der Waals surface area contributed by atoms with E-state index in [0.29, 0.717) is 0 Å². The summed E-state index contributed by atoms with van der Waals surface area (Å²) in [5.41, 5.74) is 0. The molecule has 0 aliphatic heterocycles. The molecule has 0 aromatic heterocycles. The van der Waals surface area contributed by atoms with Crippen molar-refractivity contribution in [1.82, 2.24) is 0 Å². The summed E-state index contributed by atoms with van der Waals surface area (Å²) in [6, 6.07) is 5.63. The molecular weight excluding hydrogens is 175 g/mol. The molecule has 0 aliphatic carbocycles. The summed E-state index contributed by atoms with van der Waals surface area (Å²) in [7, 11) is 0. The maximum Gasteiger partial charge on any atom is 0.513 e. The van der Waals surface area contributed by atoms with E-state index in [9.17, 15) is 9.18 Å². The first-order valence-corrected chi connectivity index (χ1v) is 3.83. The molecule has 0 spiro atoms. The summed E-state index contributed by atoms with van der Waals surface area (Å²) >= 11 is 0. The zero-order chi connectivity index (χ0) is 9.68. The van der Waals surface area contributed by atoms with Crippen LogP contribution in [0.4, 0.5) is 9.18 Å². The highest BCUT2D eigenvalue weighted by molar-refractivity contribution is 5.63. The molecule has 0 radical (unpaired) electrons. The SMILES string of the molecule is CCOC(=O)Oc1ccccc1F. The third kappa shape index (κ3) is 2.74. The fourth-order valence-electron chi connectivity index (χ4n) is 0.765. The Kier molecular flexibility index (Phi) is 3.25. The highest BCUT2D eigenvalue weighted by atomic mass is 19.1. The minimum absolute atomic E-state index is 0.124. The lowest BCUT2D eigenvalue weighted by atomic mass is 10.3. The molecule has 3 nitrogen and oxygen atoms in total. The lowest BCUT2D eigenvalue weighted by molar-refractivity contribution is 0.103. The molecular formula is C9H9FO3. The van der Waals surface area contributed by atoms with Gasteiger partial charge in [-0.2, -0.15) is 0 Å². The van der Waals surface area contributed by atoms with Gasteiger partial charge in [0.25, 0.3) is 0 Å². The second kappa shape index (κ2) is 4.45. The van der Waals surface area contributed by atoms with Crippen LogP contribution in [0.15, 0.2) is 24.3 Å². The minimum Gasteiger partial charge on any atom is -0.434 e. The van der Waals surface area contributed by atoms with Crippen LogP contribution in [0.3, 0.4) is 0 Å². The molecule has 0 bridgehead atoms. The molecule has 0 fully saturated rings. The van der Waals surface area contributed by atoms with Crippen LogP contribution >= 0.6 is 0 Å². The fraction of sp³-hybridized carbons (Fsp3) is 0.222. The second-order valence-electron chi connectivity index (χ2n) is 2.22. The van der Waals surface area contributed by atoms with Gasteiger partial charge in [-0.25, -0.2) is 9.18 Å². The summed E-state index contributed by atoms with van der Waals surface area (Å²) in [6.45, 7) is 1.84. The van der Waals surface area contributed by atoms with Gasteiger partial charge in [-0.05, 0) is 19.1 Å². The van der Waals surface area contributed by atoms with Gasteiger partial charge in [-0.3, -0.25) is 0 Å². The minimum atomic E-state index is -0.896. The van der Waals surface area contributed by atoms with Crippen LogP contribution in [-0.2, 0) is 4.74 Å². The third-order valence-electron chi connectivity index (χ3n) is 1.29. The Hall–Kier alpha value is -1.58. The maximum atomic E-state index is 12.9. The molecule has 70 valence electrons. The van der Waals surface area contributed by atoms with Crippen LogP contribution in [-0.4, -0.2) is 12.8 Å². The van der Waals surface area contributed by atoms with E-state index in [1.165, 1.54) is 18.2 Å². The number of hydrogen-bond acceptors (Lipinski definition) is 3. The number of hydrogen-bond donors (Lipinski definition) is 0. The van der Waals surface area contributed by atoms with Crippen molar-refractivity contribution in [3.63, 3.8) is 0 Å². The van der Waals surface area contributed by atoms with Crippen molar-refractivity contribution in [3.8, 4) is 5.75 Å². The lowest BCUT2D eigenvalue weighted by Gasteiger charge is -2.03. The number of carbonyl (C=O) groups excluding carboxylic acids is 1. The first kappa shape index (κ1) is 9.51. The normalized spacial score (nSPS) is 9.38. The summed E-state index contributed by atoms with van der Waals surface area (Å²) in [5, 5.41) is 0. The van der Waals surface area contributed by atoms with Crippen molar-refractivity contribution in [3.05, 3.63) is 30.1 Å². The predicted octanol–water partition coefficient (Wildman–Crippen LogP) is 2.36. The van der Waals surface area contributed by atoms with Crippen molar-refractivity contribution < 1.29 is 18.7 Å². The molecule has 0 saturated carbocycles. The zero-order valence-corrected chi connectivity index (χ0v) is 7.12. The average Bonchev–Trinajstić information content (AvgIpc) is 2.09. The van der Waals surface area contributed by atoms with E-state index < -0.39 is 12.0 Å². The number of para-hydroxylation sites is 1. The first-order valence-electron chi connectivity index (χ1n) is 3.83. The Labute approximate surface area is 75.1 Å². The van der Waals surface area contributed by atoms with Crippen LogP contribution < -0.4 is 4.74 Å². The van der Waals surface area contributed by atoms with Gasteiger partial charge in [0.2, 0.25) is 0 Å². The fourth-order valence-corrected chi connectivity index (χ4v) is 0.765. The van der Waals surface area contributed by atoms with Crippen LogP contribution in [0.25, 0.3) is 0 Å². The van der Waals surface area contributed by atoms with E-state index in [1.54, 1.807) is 13.0 Å². The van der Waals surface area contributed by atoms with Gasteiger partial charge < -0.3 is 9.47 Å². The number of benzene rings is 1. The van der Waals surface area contributed by atoms with E-state index in [1.807, 2.05) is 0 Å². The summed E-state index contributed by atoms with van der Waals surface area (Å²) in [5.74, 6) is -0.712. The standard InChI is InChI=1S/C9H9FO3/c1-2-12-9(11)13-8-6-4-3-5-7(8)10/h3-6H,2H2,1H3. The first-order chi connectivity index (χ1) is 6.24. The summed E-state index contributed by atoms with van der Waals surface area (Å²) in [4.78, 5) is 10.8. The van der Waals surface area contributed by atoms with Crippen molar-refractivity contribution in [2.45, 2.75) is 6.92 Å². The van der Waals surface area contributed by atoms with Crippen molar-refractivity contribution in [1.29, 1.82) is 0 Å². The van der Waals surface area contributed by atoms with Gasteiger partial charge >= 0.3 is 6.16 Å². The second-order valence-corrected chi connectivity index (χ2v) is 2.22. The van der Waals surface area contributed by atoms with Gasteiger partial charge in [0.05, 0.1) is 6.61 Å². The monoisotopic (exact) mass is 184 g/mol. The zero-order valence-electron chi connectivity index (χ0n) is 7.12. The van der Waals surface area contributed by atoms with Crippen molar-refractivity contribution in [2.24, 2.45) is 0 Å². The molecule has 1 rings (SSSR count). The van der Waals surface area contributed by atoms with Gasteiger partial charge in [0.1, 0.15) is 0 Å². The lowest BCUT2D eigenvalue weighted by Crippen LogP contribution is -2.10. The van der Waals surface area contributed by atoms with E-state index in [0.717, 1.165) is 0 Å². The van der Waals surface area contributed by atoms with Gasteiger partial charge in [0, 0.05) is 0 Å². The average molecular weight is 184 g/mol. The van der Waals surface area contributed by atoms with Crippen LogP contribution in [0.1, 0.15) is 6.92 Å². The Balaban J connectivity index is 2.63. The van der Waals surface area contributed by atoms with Crippen LogP contribution in [0.5, 0.6) is 5.75 Å². The molecule has 13 heavy (non-hydrogen) atoms. The van der Waals surface area contributed by atoms with Crippen molar-refractivity contribution >= 4 is 6.16 Å². The van der Waals surface area contributed by atoms with E-state index in [-0.39, 0.29) is 12.4 Å². The number of carbonyl (C=O) groups is 1. The van der Waals surface area contributed by atoms with Gasteiger partial charge in [-0.15, -0.1) is 0 Å². The van der Waals surface area contributed by atoms with Crippen LogP contribution in [0, 0.1) is 5.82 Å². The molecule has 0 aliphatic rings. The molecule has 1 aromatic carbocycles. The van der Waals surface area contributed by atoms with Crippen molar-refractivity contribution in [2.75, 3.05) is 6.61 Å². The highest BCUT2D eigenvalue weighted by Crippen LogP contribution is 2.15. The largest absolute Gasteiger partial charge is 0.513 e. The molecule has 1 aromatic rings. The quantitative estimate of drug-likeness (QED) is 0.522. The predicted molar refractivity (Wildman–Crippen MR) is 44.1 cm³/mol. The molecule has 4 heteroatoms. The Bertz CT molecular complexity index is 299. The molecule has 0 heterocycles.